The highest BCUT2D eigenvalue weighted by Gasteiger charge is 2.41. The first-order valence-corrected chi connectivity index (χ1v) is 15.0. The van der Waals surface area contributed by atoms with Crippen molar-refractivity contribution < 1.29 is 19.1 Å². The largest absolute Gasteiger partial charge is 0.489 e. The molecule has 6 heteroatoms. The van der Waals surface area contributed by atoms with Crippen LogP contribution in [0.25, 0.3) is 0 Å². The average molecular weight is 363 g/mol. The number of methoxy groups -OCH3 is 2. The van der Waals surface area contributed by atoms with Gasteiger partial charge in [-0.2, -0.15) is 0 Å². The number of carbonyl (C=O) groups is 2. The van der Waals surface area contributed by atoms with Crippen LogP contribution < -0.4 is 10.4 Å². The van der Waals surface area contributed by atoms with E-state index in [-0.39, 0.29) is 23.1 Å². The average Bonchev–Trinajstić information content (AvgIpc) is 2.47. The van der Waals surface area contributed by atoms with Crippen molar-refractivity contribution in [3.05, 3.63) is 34.8 Å². The minimum atomic E-state index is -1.82. The van der Waals surface area contributed by atoms with E-state index >= 15 is 0 Å². The Morgan fingerprint density at radius 2 is 0.958 bits per heavy atom. The van der Waals surface area contributed by atoms with Crippen molar-refractivity contribution in [2.75, 3.05) is 14.2 Å². The summed E-state index contributed by atoms with van der Waals surface area (Å²) >= 11 is 0. The standard InChI is InChI=1S/C18H26O4Si2/c1-21-17-15(19)13-11(23(3,4)5)9-10-12(24(6,7)8)14(13)16(20)18(17)22-2/h9-10H,1-8H3. The highest BCUT2D eigenvalue weighted by Crippen LogP contribution is 2.28. The number of carbonyl (C=O) groups excluding carboxylic acids is 2. The molecule has 1 aromatic rings. The number of benzene rings is 1. The van der Waals surface area contributed by atoms with Crippen LogP contribution in [0.4, 0.5) is 0 Å². The topological polar surface area (TPSA) is 52.6 Å². The maximum Gasteiger partial charge on any atom is 0.232 e. The molecule has 1 aromatic carbocycles. The first-order valence-electron chi connectivity index (χ1n) is 8.04. The Bertz CT molecular complexity index is 687. The van der Waals surface area contributed by atoms with Crippen LogP contribution in [0.15, 0.2) is 23.7 Å². The van der Waals surface area contributed by atoms with Crippen LogP contribution in [0.2, 0.25) is 39.3 Å². The zero-order valence-electron chi connectivity index (χ0n) is 15.8. The molecule has 0 atom stereocenters. The predicted octanol–water partition coefficient (Wildman–Crippen LogP) is 2.66. The van der Waals surface area contributed by atoms with Crippen molar-refractivity contribution >= 4 is 38.1 Å². The molecule has 130 valence electrons. The summed E-state index contributed by atoms with van der Waals surface area (Å²) in [4.78, 5) is 26.3. The van der Waals surface area contributed by atoms with E-state index in [0.717, 1.165) is 10.4 Å². The summed E-state index contributed by atoms with van der Waals surface area (Å²) in [5.74, 6) is -0.438. The lowest BCUT2D eigenvalue weighted by Crippen LogP contribution is -2.50. The van der Waals surface area contributed by atoms with Crippen molar-refractivity contribution in [3.8, 4) is 0 Å². The van der Waals surface area contributed by atoms with Crippen molar-refractivity contribution in [3.63, 3.8) is 0 Å². The smallest absolute Gasteiger partial charge is 0.232 e. The van der Waals surface area contributed by atoms with Gasteiger partial charge in [-0.3, -0.25) is 9.59 Å². The monoisotopic (exact) mass is 362 g/mol. The second-order valence-corrected chi connectivity index (χ2v) is 18.2. The fraction of sp³-hybridized carbons (Fsp3) is 0.444. The van der Waals surface area contributed by atoms with Crippen LogP contribution in [0.3, 0.4) is 0 Å². The Morgan fingerprint density at radius 3 is 1.17 bits per heavy atom. The third-order valence-electron chi connectivity index (χ3n) is 4.30. The first-order chi connectivity index (χ1) is 10.9. The van der Waals surface area contributed by atoms with Gasteiger partial charge in [-0.15, -0.1) is 0 Å². The maximum absolute atomic E-state index is 13.1. The Labute approximate surface area is 145 Å². The van der Waals surface area contributed by atoms with Gasteiger partial charge in [0, 0.05) is 11.1 Å². The molecule has 0 amide bonds. The number of fused-ring (bicyclic) bond motifs is 1. The molecular formula is C18H26O4Si2. The van der Waals surface area contributed by atoms with E-state index in [4.69, 9.17) is 9.47 Å². The van der Waals surface area contributed by atoms with Gasteiger partial charge >= 0.3 is 0 Å². The molecule has 1 aliphatic carbocycles. The number of ether oxygens (including phenoxy) is 2. The summed E-state index contributed by atoms with van der Waals surface area (Å²) in [6, 6.07) is 4.10. The van der Waals surface area contributed by atoms with Crippen molar-refractivity contribution in [1.29, 1.82) is 0 Å². The number of hydrogen-bond acceptors (Lipinski definition) is 4. The third-order valence-corrected chi connectivity index (χ3v) is 8.37. The molecule has 0 aromatic heterocycles. The van der Waals surface area contributed by atoms with Gasteiger partial charge in [-0.25, -0.2) is 0 Å². The van der Waals surface area contributed by atoms with E-state index < -0.39 is 16.1 Å². The van der Waals surface area contributed by atoms with Gasteiger partial charge < -0.3 is 9.47 Å². The van der Waals surface area contributed by atoms with E-state index in [0.29, 0.717) is 11.1 Å². The number of rotatable bonds is 4. The minimum absolute atomic E-state index is 0.0159. The molecule has 4 nitrogen and oxygen atoms in total. The molecular weight excluding hydrogens is 336 g/mol. The van der Waals surface area contributed by atoms with Crippen molar-refractivity contribution in [2.24, 2.45) is 0 Å². The zero-order chi connectivity index (χ0) is 18.4. The predicted molar refractivity (Wildman–Crippen MR) is 102 cm³/mol. The Kier molecular flexibility index (Phi) is 4.67. The van der Waals surface area contributed by atoms with Gasteiger partial charge in [0.05, 0.1) is 30.4 Å². The van der Waals surface area contributed by atoms with E-state index in [1.165, 1.54) is 14.2 Å². The number of hydrogen-bond donors (Lipinski definition) is 0. The maximum atomic E-state index is 13.1. The molecule has 0 aliphatic heterocycles. The molecule has 0 heterocycles. The van der Waals surface area contributed by atoms with E-state index in [2.05, 4.69) is 51.4 Å². The molecule has 24 heavy (non-hydrogen) atoms. The first kappa shape index (κ1) is 18.7. The van der Waals surface area contributed by atoms with Gasteiger partial charge in [-0.05, 0) is 10.4 Å². The molecule has 0 saturated heterocycles. The molecule has 1 aliphatic rings. The summed E-state index contributed by atoms with van der Waals surface area (Å²) in [6.45, 7) is 13.1. The van der Waals surface area contributed by atoms with Crippen LogP contribution >= 0.6 is 0 Å². The van der Waals surface area contributed by atoms with Gasteiger partial charge in [0.1, 0.15) is 0 Å². The second-order valence-electron chi connectivity index (χ2n) is 8.14. The lowest BCUT2D eigenvalue weighted by molar-refractivity contribution is 0.0831. The van der Waals surface area contributed by atoms with Crippen LogP contribution in [-0.4, -0.2) is 41.9 Å². The van der Waals surface area contributed by atoms with Gasteiger partial charge in [0.25, 0.3) is 0 Å². The van der Waals surface area contributed by atoms with Gasteiger partial charge in [0.2, 0.25) is 23.1 Å². The summed E-state index contributed by atoms with van der Waals surface area (Å²) in [5.41, 5.74) is 1.08. The molecule has 0 fully saturated rings. The van der Waals surface area contributed by atoms with E-state index in [1.807, 2.05) is 0 Å². The Balaban J connectivity index is 2.95. The number of ketones is 2. The van der Waals surface area contributed by atoms with Crippen LogP contribution in [-0.2, 0) is 9.47 Å². The van der Waals surface area contributed by atoms with Crippen molar-refractivity contribution in [1.82, 2.24) is 0 Å². The lowest BCUT2D eigenvalue weighted by Gasteiger charge is -2.30. The van der Waals surface area contributed by atoms with Crippen molar-refractivity contribution in [2.45, 2.75) is 39.3 Å². The van der Waals surface area contributed by atoms with Crippen LogP contribution in [0.1, 0.15) is 20.7 Å². The highest BCUT2D eigenvalue weighted by atomic mass is 28.3. The Hall–Kier alpha value is -1.67. The molecule has 0 spiro atoms. The van der Waals surface area contributed by atoms with Gasteiger partial charge in [0.15, 0.2) is 0 Å². The second kappa shape index (κ2) is 6.00. The highest BCUT2D eigenvalue weighted by molar-refractivity contribution is 6.91. The summed E-state index contributed by atoms with van der Waals surface area (Å²) in [7, 11) is -0.827. The molecule has 0 N–H and O–H groups in total. The van der Waals surface area contributed by atoms with E-state index in [1.54, 1.807) is 0 Å². The molecule has 0 bridgehead atoms. The molecule has 0 radical (unpaired) electrons. The zero-order valence-corrected chi connectivity index (χ0v) is 17.8. The van der Waals surface area contributed by atoms with Crippen LogP contribution in [0, 0.1) is 0 Å². The quantitative estimate of drug-likeness (QED) is 0.773. The van der Waals surface area contributed by atoms with Crippen LogP contribution in [0.5, 0.6) is 0 Å². The number of Topliss-reactive ketones (excluding diaryl/α,β-unsaturated/α-hetero) is 2. The summed E-state index contributed by atoms with van der Waals surface area (Å²) < 4.78 is 10.5. The molecule has 0 saturated carbocycles. The number of allylic oxidation sites excluding steroid dienone is 2. The summed E-state index contributed by atoms with van der Waals surface area (Å²) in [5, 5.41) is 2.00. The van der Waals surface area contributed by atoms with Gasteiger partial charge in [-0.1, -0.05) is 51.4 Å². The minimum Gasteiger partial charge on any atom is -0.489 e. The third kappa shape index (κ3) is 2.88. The fourth-order valence-corrected chi connectivity index (χ4v) is 6.27. The molecule has 2 rings (SSSR count). The SMILES string of the molecule is COC1=C(OC)C(=O)c2c([Si](C)(C)C)ccc([Si](C)(C)C)c2C1=O. The normalized spacial score (nSPS) is 15.5. The fourth-order valence-electron chi connectivity index (χ4n) is 3.13. The Morgan fingerprint density at radius 1 is 0.667 bits per heavy atom. The molecule has 0 unspecified atom stereocenters. The lowest BCUT2D eigenvalue weighted by atomic mass is 9.92. The summed E-state index contributed by atoms with van der Waals surface area (Å²) in [6.07, 6.45) is 0. The van der Waals surface area contributed by atoms with E-state index in [9.17, 15) is 9.59 Å².